The Bertz CT molecular complexity index is 3150. The minimum Gasteiger partial charge on any atom is -0.338 e. The summed E-state index contributed by atoms with van der Waals surface area (Å²) >= 11 is 14.0. The smallest absolute Gasteiger partial charge is 0.319 e. The van der Waals surface area contributed by atoms with Crippen molar-refractivity contribution in [2.45, 2.75) is 60.4 Å². The molecule has 23 heteroatoms. The number of anilines is 2. The van der Waals surface area contributed by atoms with Gasteiger partial charge in [0.05, 0.1) is 22.8 Å². The van der Waals surface area contributed by atoms with Gasteiger partial charge in [0.15, 0.2) is 0 Å². The van der Waals surface area contributed by atoms with Gasteiger partial charge in [-0.2, -0.15) is 0 Å². The zero-order chi connectivity index (χ0) is 53.3. The van der Waals surface area contributed by atoms with E-state index in [1.807, 2.05) is 62.4 Å². The first-order valence-corrected chi connectivity index (χ1v) is 27.6. The van der Waals surface area contributed by atoms with Crippen LogP contribution in [0.5, 0.6) is 0 Å². The average Bonchev–Trinajstić information content (AvgIpc) is 4.14. The van der Waals surface area contributed by atoms with Crippen LogP contribution in [0.1, 0.15) is 60.2 Å². The standard InChI is InChI=1S/C26H26FN5O3S2.C20H22ClN5O3S.C6H5FS/c1-2-28-25(35)30-22-21(18-5-3-4-6-19(18)37-22)23(33)32-13-11-26(12-14-32)24(34)29-20(31-26)15-36-17-9-7-16(27)8-10-17;1-2-22-19(29)24-16-15(12-5-3-4-6-13(12)30-16)17(27)26-9-7-20(8-10-26)18(28)23-14(11-21)25-20;7-5-1-3-6(8)4-2-5/h3-10H,2,11-15H2,1H3,(H2,28,30,35)(H,29,31,34);3-6H,2,7-11H2,1H3,(H2,22,24,29)(H,23,25,28);1-4,8H. The number of carbonyl (C=O) groups excluding carboxylic acids is 6. The number of nitrogens with zero attached hydrogens (tertiary/aromatic N) is 4. The zero-order valence-electron chi connectivity index (χ0n) is 40.8. The van der Waals surface area contributed by atoms with Crippen LogP contribution in [0.4, 0.5) is 28.4 Å². The van der Waals surface area contributed by atoms with Gasteiger partial charge in [-0.3, -0.25) is 39.8 Å². The monoisotopic (exact) mass is 1110 g/mol. The van der Waals surface area contributed by atoms with Crippen molar-refractivity contribution in [1.29, 1.82) is 0 Å². The Kier molecular flexibility index (Phi) is 17.8. The molecule has 0 unspecified atom stereocenters. The second kappa shape index (κ2) is 24.4. The van der Waals surface area contributed by atoms with Crippen molar-refractivity contribution in [3.8, 4) is 0 Å². The third kappa shape index (κ3) is 12.7. The van der Waals surface area contributed by atoms with Crippen molar-refractivity contribution < 1.29 is 37.5 Å². The molecule has 0 aliphatic carbocycles. The highest BCUT2D eigenvalue weighted by Gasteiger charge is 2.48. The number of nitrogens with one attached hydrogen (secondary N) is 6. The molecular formula is C52H53ClF2N10O6S4. The van der Waals surface area contributed by atoms with Gasteiger partial charge in [0.25, 0.3) is 23.6 Å². The van der Waals surface area contributed by atoms with Gasteiger partial charge in [0.2, 0.25) is 0 Å². The molecule has 2 saturated heterocycles. The van der Waals surface area contributed by atoms with Crippen molar-refractivity contribution in [2.24, 2.45) is 9.98 Å². The predicted octanol–water partition coefficient (Wildman–Crippen LogP) is 9.38. The maximum Gasteiger partial charge on any atom is 0.319 e. The molecule has 2 aromatic heterocycles. The van der Waals surface area contributed by atoms with Crippen molar-refractivity contribution in [2.75, 3.05) is 61.5 Å². The van der Waals surface area contributed by atoms with Crippen molar-refractivity contribution in [3.05, 3.63) is 120 Å². The number of fused-ring (bicyclic) bond motifs is 2. The summed E-state index contributed by atoms with van der Waals surface area (Å²) in [4.78, 5) is 91.1. The molecule has 75 heavy (non-hydrogen) atoms. The van der Waals surface area contributed by atoms with Gasteiger partial charge in [-0.1, -0.05) is 36.4 Å². The molecule has 0 radical (unpaired) electrons. The minimum atomic E-state index is -0.881. The van der Waals surface area contributed by atoms with Crippen LogP contribution in [-0.4, -0.2) is 119 Å². The fourth-order valence-corrected chi connectivity index (χ4v) is 12.1. The van der Waals surface area contributed by atoms with E-state index in [2.05, 4.69) is 49.5 Å². The number of urea groups is 2. The summed E-state index contributed by atoms with van der Waals surface area (Å²) in [5.41, 5.74) is -0.758. The molecule has 6 aromatic rings. The molecule has 10 rings (SSSR count). The van der Waals surface area contributed by atoms with Gasteiger partial charge in [-0.15, -0.1) is 58.7 Å². The van der Waals surface area contributed by atoms with Crippen LogP contribution in [0.15, 0.2) is 117 Å². The largest absolute Gasteiger partial charge is 0.338 e. The summed E-state index contributed by atoms with van der Waals surface area (Å²) in [6.45, 7) is 6.17. The number of alkyl halides is 1. The molecule has 6 N–H and O–H groups in total. The van der Waals surface area contributed by atoms with E-state index in [9.17, 15) is 37.5 Å². The number of hydrogen-bond acceptors (Lipinski definition) is 12. The molecule has 4 aliphatic heterocycles. The molecular weight excluding hydrogens is 1060 g/mol. The van der Waals surface area contributed by atoms with Crippen LogP contribution in [0.25, 0.3) is 20.2 Å². The Balaban J connectivity index is 0.000000176. The lowest BCUT2D eigenvalue weighted by Crippen LogP contribution is -2.50. The first kappa shape index (κ1) is 54.7. The van der Waals surface area contributed by atoms with Crippen molar-refractivity contribution in [3.63, 3.8) is 0 Å². The van der Waals surface area contributed by atoms with Gasteiger partial charge in [0, 0.05) is 69.2 Å². The van der Waals surface area contributed by atoms with Gasteiger partial charge in [-0.25, -0.2) is 18.4 Å². The van der Waals surface area contributed by atoms with E-state index in [1.165, 1.54) is 58.7 Å². The molecule has 0 saturated carbocycles. The fraction of sp³-hybridized carbons (Fsp3) is 0.308. The number of amides is 8. The van der Waals surface area contributed by atoms with Crippen LogP contribution in [0.2, 0.25) is 0 Å². The van der Waals surface area contributed by atoms with E-state index in [0.717, 1.165) is 30.0 Å². The Hall–Kier alpha value is -6.59. The molecule has 8 amide bonds. The lowest BCUT2D eigenvalue weighted by molar-refractivity contribution is -0.125. The number of thiophene rings is 2. The molecule has 4 aliphatic rings. The van der Waals surface area contributed by atoms with Crippen LogP contribution in [0.3, 0.4) is 0 Å². The Morgan fingerprint density at radius 1 is 0.653 bits per heavy atom. The number of amidine groups is 2. The number of likely N-dealkylation sites (tertiary alicyclic amines) is 2. The summed E-state index contributed by atoms with van der Waals surface area (Å²) < 4.78 is 27.0. The molecule has 2 spiro atoms. The number of piperidine rings is 2. The molecule has 2 fully saturated rings. The number of aliphatic imine (C=N–C) groups is 2. The topological polar surface area (TPSA) is 206 Å². The number of thiol groups is 1. The summed E-state index contributed by atoms with van der Waals surface area (Å²) in [5.74, 6) is 0.571. The molecule has 4 aromatic carbocycles. The molecule has 0 atom stereocenters. The van der Waals surface area contributed by atoms with Crippen molar-refractivity contribution in [1.82, 2.24) is 31.1 Å². The Labute approximate surface area is 453 Å². The molecule has 6 heterocycles. The number of halogens is 3. The minimum absolute atomic E-state index is 0.145. The highest BCUT2D eigenvalue weighted by molar-refractivity contribution is 8.00. The van der Waals surface area contributed by atoms with Crippen LogP contribution < -0.4 is 31.9 Å². The highest BCUT2D eigenvalue weighted by atomic mass is 35.5. The number of carbonyl (C=O) groups is 6. The number of benzene rings is 4. The summed E-state index contributed by atoms with van der Waals surface area (Å²) in [7, 11) is 0. The van der Waals surface area contributed by atoms with Gasteiger partial charge in [-0.05, 0) is 100 Å². The summed E-state index contributed by atoms with van der Waals surface area (Å²) in [6.07, 6.45) is 1.70. The molecule has 16 nitrogen and oxygen atoms in total. The highest BCUT2D eigenvalue weighted by Crippen LogP contribution is 2.40. The second-order valence-corrected chi connectivity index (χ2v) is 21.5. The van der Waals surface area contributed by atoms with Crippen LogP contribution >= 0.6 is 58.7 Å². The SMILES string of the molecule is CCNC(=O)Nc1sc2ccccc2c1C(=O)N1CCC2(CC1)N=C(CCl)NC2=O.CCNC(=O)Nc1sc2ccccc2c1C(=O)N1CCC2(CC1)N=C(CSc1ccc(F)cc1)NC2=O.Fc1ccc(S)cc1. The number of hydrogen-bond donors (Lipinski definition) is 7. The fourth-order valence-electron chi connectivity index (χ4n) is 8.88. The second-order valence-electron chi connectivity index (χ2n) is 17.6. The van der Waals surface area contributed by atoms with E-state index in [0.29, 0.717) is 104 Å². The summed E-state index contributed by atoms with van der Waals surface area (Å²) in [5, 5.41) is 19.3. The normalized spacial score (nSPS) is 16.2. The van der Waals surface area contributed by atoms with E-state index in [-0.39, 0.29) is 53.2 Å². The van der Waals surface area contributed by atoms with E-state index >= 15 is 0 Å². The third-order valence-electron chi connectivity index (χ3n) is 12.7. The molecule has 0 bridgehead atoms. The average molecular weight is 1120 g/mol. The lowest BCUT2D eigenvalue weighted by Gasteiger charge is -2.35. The Morgan fingerprint density at radius 2 is 1.07 bits per heavy atom. The first-order chi connectivity index (χ1) is 36.1. The third-order valence-corrected chi connectivity index (χ3v) is 16.5. The Morgan fingerprint density at radius 3 is 1.48 bits per heavy atom. The van der Waals surface area contributed by atoms with Gasteiger partial charge >= 0.3 is 12.1 Å². The quantitative estimate of drug-likeness (QED) is 0.0402. The van der Waals surface area contributed by atoms with Gasteiger partial charge < -0.3 is 31.1 Å². The van der Waals surface area contributed by atoms with Crippen LogP contribution in [-0.2, 0) is 9.59 Å². The first-order valence-electron chi connectivity index (χ1n) is 24.0. The lowest BCUT2D eigenvalue weighted by atomic mass is 9.87. The maximum absolute atomic E-state index is 13.7. The number of thioether (sulfide) groups is 1. The number of rotatable bonds is 10. The van der Waals surface area contributed by atoms with Crippen molar-refractivity contribution >= 4 is 136 Å². The zero-order valence-corrected chi connectivity index (χ0v) is 44.9. The van der Waals surface area contributed by atoms with Crippen LogP contribution in [0, 0.1) is 11.6 Å². The maximum atomic E-state index is 13.7. The van der Waals surface area contributed by atoms with Gasteiger partial charge in [0.1, 0.15) is 44.4 Å². The van der Waals surface area contributed by atoms with E-state index in [1.54, 1.807) is 34.1 Å². The van der Waals surface area contributed by atoms with E-state index in [4.69, 9.17) is 16.6 Å². The molecule has 392 valence electrons. The van der Waals surface area contributed by atoms with E-state index < -0.39 is 11.1 Å². The predicted molar refractivity (Wildman–Crippen MR) is 297 cm³/mol. The summed E-state index contributed by atoms with van der Waals surface area (Å²) in [6, 6.07) is 26.6.